The van der Waals surface area contributed by atoms with Crippen molar-refractivity contribution in [2.45, 2.75) is 44.6 Å². The molecule has 1 saturated carbocycles. The molecule has 12 heavy (non-hydrogen) atoms. The van der Waals surface area contributed by atoms with Gasteiger partial charge in [-0.15, -0.1) is 0 Å². The quantitative estimate of drug-likeness (QED) is 0.625. The minimum atomic E-state index is 0.0191. The second-order valence-corrected chi connectivity index (χ2v) is 4.30. The van der Waals surface area contributed by atoms with Crippen molar-refractivity contribution in [3.63, 3.8) is 0 Å². The highest BCUT2D eigenvalue weighted by molar-refractivity contribution is 4.95. The van der Waals surface area contributed by atoms with E-state index in [2.05, 4.69) is 12.2 Å². The van der Waals surface area contributed by atoms with E-state index in [1.807, 2.05) is 0 Å². The highest BCUT2D eigenvalue weighted by Crippen LogP contribution is 2.34. The van der Waals surface area contributed by atoms with Crippen LogP contribution in [0.1, 0.15) is 38.5 Å². The van der Waals surface area contributed by atoms with E-state index in [4.69, 9.17) is 0 Å². The van der Waals surface area contributed by atoms with Crippen molar-refractivity contribution in [3.8, 4) is 0 Å². The molecule has 0 radical (unpaired) electrons. The van der Waals surface area contributed by atoms with Crippen LogP contribution in [0.3, 0.4) is 0 Å². The Bertz CT molecular complexity index is 166. The lowest BCUT2D eigenvalue weighted by molar-refractivity contribution is 0.118. The number of rotatable bonds is 2. The Hall–Kier alpha value is -0.300. The van der Waals surface area contributed by atoms with Gasteiger partial charge >= 0.3 is 0 Å². The summed E-state index contributed by atoms with van der Waals surface area (Å²) in [6.07, 6.45) is 11.9. The zero-order valence-corrected chi connectivity index (χ0v) is 7.58. The second-order valence-electron chi connectivity index (χ2n) is 4.30. The van der Waals surface area contributed by atoms with Crippen molar-refractivity contribution in [2.75, 3.05) is 0 Å². The Morgan fingerprint density at radius 2 is 1.92 bits per heavy atom. The summed E-state index contributed by atoms with van der Waals surface area (Å²) in [6, 6.07) is 0. The van der Waals surface area contributed by atoms with Crippen molar-refractivity contribution < 1.29 is 5.11 Å². The molecule has 1 fully saturated rings. The summed E-state index contributed by atoms with van der Waals surface area (Å²) in [5.41, 5.74) is 0. The summed E-state index contributed by atoms with van der Waals surface area (Å²) in [5, 5.41) is 9.63. The van der Waals surface area contributed by atoms with Crippen molar-refractivity contribution in [1.82, 2.24) is 0 Å². The first-order valence-electron chi connectivity index (χ1n) is 5.19. The summed E-state index contributed by atoms with van der Waals surface area (Å²) in [7, 11) is 0. The molecule has 0 unspecified atom stereocenters. The van der Waals surface area contributed by atoms with E-state index in [0.29, 0.717) is 5.92 Å². The van der Waals surface area contributed by atoms with Gasteiger partial charge in [-0.05, 0) is 43.9 Å². The fraction of sp³-hybridized carbons (Fsp3) is 0.818. The minimum Gasteiger partial charge on any atom is -0.393 e. The first-order valence-corrected chi connectivity index (χ1v) is 5.19. The second kappa shape index (κ2) is 3.61. The van der Waals surface area contributed by atoms with Gasteiger partial charge in [-0.3, -0.25) is 0 Å². The van der Waals surface area contributed by atoms with Gasteiger partial charge in [0.1, 0.15) is 0 Å². The largest absolute Gasteiger partial charge is 0.393 e. The van der Waals surface area contributed by atoms with Gasteiger partial charge in [0.05, 0.1) is 6.10 Å². The Kier molecular flexibility index (Phi) is 2.50. The molecule has 0 aliphatic heterocycles. The number of aliphatic hydroxyl groups is 1. The summed E-state index contributed by atoms with van der Waals surface area (Å²) in [4.78, 5) is 0. The number of hydrogen-bond donors (Lipinski definition) is 1. The SMILES string of the molecule is O[C@@H]1CCC[C@H]1CC1CC=CC1. The van der Waals surface area contributed by atoms with Crippen LogP contribution < -0.4 is 0 Å². The molecule has 2 aliphatic rings. The third-order valence-electron chi connectivity index (χ3n) is 3.36. The first-order chi connectivity index (χ1) is 5.86. The molecule has 0 saturated heterocycles. The van der Waals surface area contributed by atoms with Crippen LogP contribution in [0.15, 0.2) is 12.2 Å². The minimum absolute atomic E-state index is 0.0191. The highest BCUT2D eigenvalue weighted by atomic mass is 16.3. The zero-order valence-electron chi connectivity index (χ0n) is 7.58. The molecular weight excluding hydrogens is 148 g/mol. The lowest BCUT2D eigenvalue weighted by Crippen LogP contribution is -2.16. The third kappa shape index (κ3) is 1.71. The predicted octanol–water partition coefficient (Wildman–Crippen LogP) is 2.50. The fourth-order valence-electron chi connectivity index (χ4n) is 2.59. The topological polar surface area (TPSA) is 20.2 Å². The molecule has 0 amide bonds. The number of allylic oxidation sites excluding steroid dienone is 2. The summed E-state index contributed by atoms with van der Waals surface area (Å²) in [6.45, 7) is 0. The van der Waals surface area contributed by atoms with Crippen molar-refractivity contribution in [2.24, 2.45) is 11.8 Å². The molecule has 1 N–H and O–H groups in total. The van der Waals surface area contributed by atoms with Gasteiger partial charge in [-0.25, -0.2) is 0 Å². The van der Waals surface area contributed by atoms with Crippen LogP contribution >= 0.6 is 0 Å². The monoisotopic (exact) mass is 166 g/mol. The molecule has 1 nitrogen and oxygen atoms in total. The maximum Gasteiger partial charge on any atom is 0.0568 e. The van der Waals surface area contributed by atoms with E-state index in [1.165, 1.54) is 32.1 Å². The average Bonchev–Trinajstić information content (AvgIpc) is 2.65. The van der Waals surface area contributed by atoms with Gasteiger partial charge < -0.3 is 5.11 Å². The van der Waals surface area contributed by atoms with Gasteiger partial charge in [0.25, 0.3) is 0 Å². The predicted molar refractivity (Wildman–Crippen MR) is 49.8 cm³/mol. The number of aliphatic hydroxyl groups excluding tert-OH is 1. The molecule has 0 aromatic carbocycles. The lowest BCUT2D eigenvalue weighted by Gasteiger charge is -2.18. The number of hydrogen-bond acceptors (Lipinski definition) is 1. The Morgan fingerprint density at radius 3 is 2.50 bits per heavy atom. The smallest absolute Gasteiger partial charge is 0.0568 e. The maximum absolute atomic E-state index is 9.63. The Balaban J connectivity index is 1.78. The van der Waals surface area contributed by atoms with Gasteiger partial charge in [0, 0.05) is 0 Å². The van der Waals surface area contributed by atoms with Crippen LogP contribution in [0.2, 0.25) is 0 Å². The maximum atomic E-state index is 9.63. The Morgan fingerprint density at radius 1 is 1.17 bits per heavy atom. The van der Waals surface area contributed by atoms with E-state index in [1.54, 1.807) is 0 Å². The molecule has 0 aromatic heterocycles. The third-order valence-corrected chi connectivity index (χ3v) is 3.36. The lowest BCUT2D eigenvalue weighted by atomic mass is 9.90. The molecule has 2 rings (SSSR count). The fourth-order valence-corrected chi connectivity index (χ4v) is 2.59. The van der Waals surface area contributed by atoms with E-state index < -0.39 is 0 Å². The summed E-state index contributed by atoms with van der Waals surface area (Å²) in [5.74, 6) is 1.47. The van der Waals surface area contributed by atoms with Crippen LogP contribution in [0, 0.1) is 11.8 Å². The molecule has 0 aromatic rings. The van der Waals surface area contributed by atoms with Crippen molar-refractivity contribution in [3.05, 3.63) is 12.2 Å². The Labute approximate surface area is 74.5 Å². The van der Waals surface area contributed by atoms with Crippen molar-refractivity contribution >= 4 is 0 Å². The molecule has 0 spiro atoms. The molecule has 0 bridgehead atoms. The van der Waals surface area contributed by atoms with Crippen LogP contribution in [-0.2, 0) is 0 Å². The van der Waals surface area contributed by atoms with E-state index in [0.717, 1.165) is 12.3 Å². The van der Waals surface area contributed by atoms with E-state index in [-0.39, 0.29) is 6.10 Å². The van der Waals surface area contributed by atoms with Crippen molar-refractivity contribution in [1.29, 1.82) is 0 Å². The van der Waals surface area contributed by atoms with Crippen LogP contribution in [-0.4, -0.2) is 11.2 Å². The molecule has 0 heterocycles. The molecular formula is C11H18O. The molecule has 1 heteroatoms. The van der Waals surface area contributed by atoms with E-state index >= 15 is 0 Å². The molecule has 2 aliphatic carbocycles. The summed E-state index contributed by atoms with van der Waals surface area (Å²) < 4.78 is 0. The normalized spacial score (nSPS) is 36.4. The zero-order chi connectivity index (χ0) is 8.39. The van der Waals surface area contributed by atoms with Gasteiger partial charge in [-0.2, -0.15) is 0 Å². The highest BCUT2D eigenvalue weighted by Gasteiger charge is 2.27. The standard InChI is InChI=1S/C11H18O/c12-11-7-3-6-10(11)8-9-4-1-2-5-9/h1-2,9-12H,3-8H2/t10-,11+/m0/s1. The summed E-state index contributed by atoms with van der Waals surface area (Å²) >= 11 is 0. The van der Waals surface area contributed by atoms with Gasteiger partial charge in [0.15, 0.2) is 0 Å². The average molecular weight is 166 g/mol. The first kappa shape index (κ1) is 8.31. The van der Waals surface area contributed by atoms with Gasteiger partial charge in [0.2, 0.25) is 0 Å². The molecule has 2 atom stereocenters. The van der Waals surface area contributed by atoms with Crippen LogP contribution in [0.5, 0.6) is 0 Å². The van der Waals surface area contributed by atoms with E-state index in [9.17, 15) is 5.11 Å². The van der Waals surface area contributed by atoms with Crippen LogP contribution in [0.4, 0.5) is 0 Å². The van der Waals surface area contributed by atoms with Gasteiger partial charge in [-0.1, -0.05) is 18.6 Å². The van der Waals surface area contributed by atoms with Crippen LogP contribution in [0.25, 0.3) is 0 Å². The molecule has 68 valence electrons.